The van der Waals surface area contributed by atoms with Gasteiger partial charge < -0.3 is 5.32 Å². The van der Waals surface area contributed by atoms with Crippen LogP contribution in [0.5, 0.6) is 0 Å². The van der Waals surface area contributed by atoms with Crippen LogP contribution >= 0.6 is 11.6 Å². The zero-order chi connectivity index (χ0) is 15.6. The van der Waals surface area contributed by atoms with E-state index in [0.717, 1.165) is 42.9 Å². The molecule has 0 bridgehead atoms. The summed E-state index contributed by atoms with van der Waals surface area (Å²) in [5.74, 6) is 0.797. The maximum Gasteiger partial charge on any atom is 0.131 e. The van der Waals surface area contributed by atoms with Gasteiger partial charge in [-0.05, 0) is 66.1 Å². The van der Waals surface area contributed by atoms with Gasteiger partial charge in [-0.2, -0.15) is 5.10 Å². The number of aromatic nitrogens is 2. The second-order valence-electron chi connectivity index (χ2n) is 7.33. The third kappa shape index (κ3) is 4.70. The molecular weight excluding hydrogens is 284 g/mol. The molecule has 0 aliphatic carbocycles. The van der Waals surface area contributed by atoms with Crippen LogP contribution in [0.1, 0.15) is 44.9 Å². The van der Waals surface area contributed by atoms with Crippen LogP contribution in [0.3, 0.4) is 0 Å². The summed E-state index contributed by atoms with van der Waals surface area (Å²) >= 11 is 6.33. The van der Waals surface area contributed by atoms with Crippen LogP contribution in [0.4, 0.5) is 0 Å². The predicted molar refractivity (Wildman–Crippen MR) is 88.7 cm³/mol. The van der Waals surface area contributed by atoms with Crippen LogP contribution in [0.25, 0.3) is 0 Å². The number of hydrogen-bond donors (Lipinski definition) is 1. The minimum absolute atomic E-state index is 0.220. The summed E-state index contributed by atoms with van der Waals surface area (Å²) in [7, 11) is 1.91. The molecule has 5 heteroatoms. The summed E-state index contributed by atoms with van der Waals surface area (Å²) in [4.78, 5) is 2.50. The van der Waals surface area contributed by atoms with E-state index in [1.165, 1.54) is 18.4 Å². The molecule has 21 heavy (non-hydrogen) atoms. The van der Waals surface area contributed by atoms with Crippen molar-refractivity contribution in [2.45, 2.75) is 52.6 Å². The molecule has 1 fully saturated rings. The topological polar surface area (TPSA) is 33.1 Å². The van der Waals surface area contributed by atoms with Crippen molar-refractivity contribution >= 4 is 11.6 Å². The third-order valence-electron chi connectivity index (χ3n) is 4.28. The number of piperidine rings is 1. The second kappa shape index (κ2) is 6.67. The van der Waals surface area contributed by atoms with E-state index in [1.807, 2.05) is 14.0 Å². The van der Waals surface area contributed by atoms with E-state index < -0.39 is 0 Å². The van der Waals surface area contributed by atoms with E-state index in [9.17, 15) is 0 Å². The Morgan fingerprint density at radius 1 is 1.29 bits per heavy atom. The minimum Gasteiger partial charge on any atom is -0.312 e. The number of nitrogens with zero attached hydrogens (tertiary/aromatic N) is 3. The van der Waals surface area contributed by atoms with Gasteiger partial charge in [0.1, 0.15) is 5.15 Å². The minimum atomic E-state index is 0.220. The molecule has 2 rings (SSSR count). The molecule has 1 saturated heterocycles. The molecule has 0 unspecified atom stereocenters. The fourth-order valence-electron chi connectivity index (χ4n) is 2.88. The summed E-state index contributed by atoms with van der Waals surface area (Å²) in [6, 6.07) is 0. The molecule has 1 aromatic heterocycles. The van der Waals surface area contributed by atoms with Crippen LogP contribution in [-0.2, 0) is 13.6 Å². The molecular formula is C16H29ClN4. The number of hydrogen-bond acceptors (Lipinski definition) is 3. The fourth-order valence-corrected chi connectivity index (χ4v) is 3.11. The first-order chi connectivity index (χ1) is 9.76. The van der Waals surface area contributed by atoms with Gasteiger partial charge in [-0.1, -0.05) is 11.6 Å². The number of rotatable bonds is 4. The second-order valence-corrected chi connectivity index (χ2v) is 7.69. The molecule has 4 nitrogen and oxygen atoms in total. The van der Waals surface area contributed by atoms with Crippen molar-refractivity contribution in [3.05, 3.63) is 16.4 Å². The standard InChI is InChI=1S/C16H29ClN4/c1-12-14(15(17)20(5)19-12)11-21-8-6-13(7-9-21)10-18-16(2,3)4/h13,18H,6-11H2,1-5H3. The lowest BCUT2D eigenvalue weighted by Gasteiger charge is -2.33. The Bertz CT molecular complexity index is 467. The molecule has 0 atom stereocenters. The molecule has 120 valence electrons. The highest BCUT2D eigenvalue weighted by Gasteiger charge is 2.22. The Labute approximate surface area is 133 Å². The normalized spacial score (nSPS) is 18.4. The van der Waals surface area contributed by atoms with Crippen molar-refractivity contribution in [3.8, 4) is 0 Å². The van der Waals surface area contributed by atoms with E-state index in [0.29, 0.717) is 0 Å². The van der Waals surface area contributed by atoms with Gasteiger partial charge in [-0.25, -0.2) is 0 Å². The van der Waals surface area contributed by atoms with Gasteiger partial charge in [-0.15, -0.1) is 0 Å². The highest BCUT2D eigenvalue weighted by Crippen LogP contribution is 2.24. The molecule has 0 radical (unpaired) electrons. The number of nitrogens with one attached hydrogen (secondary N) is 1. The first kappa shape index (κ1) is 16.8. The number of aryl methyl sites for hydroxylation is 2. The van der Waals surface area contributed by atoms with E-state index in [2.05, 4.69) is 36.1 Å². The largest absolute Gasteiger partial charge is 0.312 e. The van der Waals surface area contributed by atoms with E-state index in [-0.39, 0.29) is 5.54 Å². The molecule has 1 N–H and O–H groups in total. The Morgan fingerprint density at radius 3 is 2.38 bits per heavy atom. The molecule has 1 aromatic rings. The maximum absolute atomic E-state index is 6.33. The van der Waals surface area contributed by atoms with Gasteiger partial charge in [0.15, 0.2) is 0 Å². The van der Waals surface area contributed by atoms with Gasteiger partial charge in [0.05, 0.1) is 5.69 Å². The van der Waals surface area contributed by atoms with Gasteiger partial charge >= 0.3 is 0 Å². The molecule has 1 aliphatic heterocycles. The van der Waals surface area contributed by atoms with Crippen molar-refractivity contribution < 1.29 is 0 Å². The smallest absolute Gasteiger partial charge is 0.131 e. The summed E-state index contributed by atoms with van der Waals surface area (Å²) in [5.41, 5.74) is 2.46. The summed E-state index contributed by atoms with van der Waals surface area (Å²) in [6.07, 6.45) is 2.53. The van der Waals surface area contributed by atoms with Gasteiger partial charge in [0, 0.05) is 24.7 Å². The van der Waals surface area contributed by atoms with Crippen molar-refractivity contribution in [2.75, 3.05) is 19.6 Å². The Kier molecular flexibility index (Phi) is 5.33. The molecule has 0 amide bonds. The van der Waals surface area contributed by atoms with E-state index >= 15 is 0 Å². The number of halogens is 1. The highest BCUT2D eigenvalue weighted by molar-refractivity contribution is 6.30. The van der Waals surface area contributed by atoms with Crippen LogP contribution in [0, 0.1) is 12.8 Å². The SMILES string of the molecule is Cc1nn(C)c(Cl)c1CN1CCC(CNC(C)(C)C)CC1. The maximum atomic E-state index is 6.33. The molecule has 0 saturated carbocycles. The van der Waals surface area contributed by atoms with Gasteiger partial charge in [0.2, 0.25) is 0 Å². The Morgan fingerprint density at radius 2 is 1.90 bits per heavy atom. The lowest BCUT2D eigenvalue weighted by Crippen LogP contribution is -2.42. The summed E-state index contributed by atoms with van der Waals surface area (Å²) in [6.45, 7) is 13.1. The quantitative estimate of drug-likeness (QED) is 0.928. The fraction of sp³-hybridized carbons (Fsp3) is 0.812. The van der Waals surface area contributed by atoms with Crippen LogP contribution in [0.2, 0.25) is 5.15 Å². The summed E-state index contributed by atoms with van der Waals surface area (Å²) in [5, 5.41) is 8.80. The highest BCUT2D eigenvalue weighted by atomic mass is 35.5. The van der Waals surface area contributed by atoms with Crippen LogP contribution in [-0.4, -0.2) is 39.9 Å². The van der Waals surface area contributed by atoms with Crippen molar-refractivity contribution in [3.63, 3.8) is 0 Å². The Hall–Kier alpha value is -0.580. The van der Waals surface area contributed by atoms with E-state index in [4.69, 9.17) is 11.6 Å². The zero-order valence-electron chi connectivity index (χ0n) is 14.0. The van der Waals surface area contributed by atoms with Crippen molar-refractivity contribution in [1.82, 2.24) is 20.0 Å². The average Bonchev–Trinajstić information content (AvgIpc) is 2.64. The first-order valence-corrected chi connectivity index (χ1v) is 8.29. The molecule has 0 aromatic carbocycles. The monoisotopic (exact) mass is 312 g/mol. The zero-order valence-corrected chi connectivity index (χ0v) is 14.8. The lowest BCUT2D eigenvalue weighted by molar-refractivity contribution is 0.170. The lowest BCUT2D eigenvalue weighted by atomic mass is 9.95. The summed E-state index contributed by atoms with van der Waals surface area (Å²) < 4.78 is 1.77. The van der Waals surface area contributed by atoms with Crippen LogP contribution < -0.4 is 5.32 Å². The van der Waals surface area contributed by atoms with E-state index in [1.54, 1.807) is 4.68 Å². The Balaban J connectivity index is 1.82. The predicted octanol–water partition coefficient (Wildman–Crippen LogP) is 2.98. The van der Waals surface area contributed by atoms with Crippen molar-refractivity contribution in [1.29, 1.82) is 0 Å². The molecule has 0 spiro atoms. The third-order valence-corrected chi connectivity index (χ3v) is 4.75. The number of likely N-dealkylation sites (tertiary alicyclic amines) is 1. The van der Waals surface area contributed by atoms with Crippen molar-refractivity contribution in [2.24, 2.45) is 13.0 Å². The van der Waals surface area contributed by atoms with Gasteiger partial charge in [0.25, 0.3) is 0 Å². The molecule has 1 aliphatic rings. The average molecular weight is 313 g/mol. The van der Waals surface area contributed by atoms with Crippen LogP contribution in [0.15, 0.2) is 0 Å². The first-order valence-electron chi connectivity index (χ1n) is 7.91. The van der Waals surface area contributed by atoms with Gasteiger partial charge in [-0.3, -0.25) is 9.58 Å². The molecule has 2 heterocycles.